The number of aryl methyl sites for hydroxylation is 2. The number of nitrogens with zero attached hydrogens (tertiary/aromatic N) is 5. The molecule has 2 aromatic heterocycles. The number of rotatable bonds is 9. The molecule has 0 N–H and O–H groups in total. The van der Waals surface area contributed by atoms with E-state index in [4.69, 9.17) is 9.26 Å². The molecule has 0 saturated carbocycles. The van der Waals surface area contributed by atoms with Gasteiger partial charge < -0.3 is 9.26 Å². The fourth-order valence-corrected chi connectivity index (χ4v) is 4.40. The normalized spacial score (nSPS) is 11.0. The SMILES string of the molecule is COc1ccc(-c2noc(CSc3nnc(CCc4ccccc4)n3-c3ccccc3)n2)cc1. The van der Waals surface area contributed by atoms with Gasteiger partial charge in [-0.05, 0) is 48.4 Å². The highest BCUT2D eigenvalue weighted by Crippen LogP contribution is 2.27. The van der Waals surface area contributed by atoms with Crippen molar-refractivity contribution in [2.24, 2.45) is 0 Å². The average molecular weight is 470 g/mol. The maximum atomic E-state index is 5.48. The van der Waals surface area contributed by atoms with Crippen LogP contribution >= 0.6 is 11.8 Å². The van der Waals surface area contributed by atoms with E-state index in [0.717, 1.165) is 40.8 Å². The second kappa shape index (κ2) is 10.4. The molecule has 0 bridgehead atoms. The summed E-state index contributed by atoms with van der Waals surface area (Å²) >= 11 is 1.53. The van der Waals surface area contributed by atoms with Crippen LogP contribution in [0.4, 0.5) is 0 Å². The van der Waals surface area contributed by atoms with Crippen LogP contribution in [0.2, 0.25) is 0 Å². The minimum Gasteiger partial charge on any atom is -0.497 e. The minimum absolute atomic E-state index is 0.493. The second-order valence-corrected chi connectivity index (χ2v) is 8.53. The molecule has 0 atom stereocenters. The van der Waals surface area contributed by atoms with E-state index >= 15 is 0 Å². The molecule has 34 heavy (non-hydrogen) atoms. The standard InChI is InChI=1S/C26H23N5O2S/c1-32-22-15-13-20(14-16-22)25-27-24(33-30-25)18-34-26-29-28-23(17-12-19-8-4-2-5-9-19)31(26)21-10-6-3-7-11-21/h2-11,13-16H,12,17-18H2,1H3. The molecule has 0 unspecified atom stereocenters. The lowest BCUT2D eigenvalue weighted by Gasteiger charge is -2.09. The van der Waals surface area contributed by atoms with Crippen LogP contribution in [-0.4, -0.2) is 32.0 Å². The number of ether oxygens (including phenoxy) is 1. The van der Waals surface area contributed by atoms with Crippen molar-refractivity contribution in [3.05, 3.63) is 102 Å². The van der Waals surface area contributed by atoms with Gasteiger partial charge in [-0.1, -0.05) is 65.4 Å². The van der Waals surface area contributed by atoms with Crippen LogP contribution in [0.1, 0.15) is 17.3 Å². The first-order chi connectivity index (χ1) is 16.8. The number of hydrogen-bond donors (Lipinski definition) is 0. The molecule has 0 aliphatic carbocycles. The number of benzene rings is 3. The topological polar surface area (TPSA) is 78.9 Å². The first kappa shape index (κ1) is 21.9. The zero-order valence-electron chi connectivity index (χ0n) is 18.7. The van der Waals surface area contributed by atoms with Crippen molar-refractivity contribution in [1.29, 1.82) is 0 Å². The summed E-state index contributed by atoms with van der Waals surface area (Å²) in [5, 5.41) is 13.9. The maximum absolute atomic E-state index is 5.48. The van der Waals surface area contributed by atoms with E-state index in [0.29, 0.717) is 17.5 Å². The van der Waals surface area contributed by atoms with E-state index in [1.54, 1.807) is 7.11 Å². The van der Waals surface area contributed by atoms with E-state index in [-0.39, 0.29) is 0 Å². The maximum Gasteiger partial charge on any atom is 0.237 e. The van der Waals surface area contributed by atoms with Gasteiger partial charge in [0.05, 0.1) is 12.9 Å². The molecule has 0 aliphatic heterocycles. The summed E-state index contributed by atoms with van der Waals surface area (Å²) in [4.78, 5) is 4.54. The van der Waals surface area contributed by atoms with Crippen LogP contribution in [0.3, 0.4) is 0 Å². The lowest BCUT2D eigenvalue weighted by molar-refractivity contribution is 0.391. The smallest absolute Gasteiger partial charge is 0.237 e. The third-order valence-electron chi connectivity index (χ3n) is 5.34. The monoisotopic (exact) mass is 469 g/mol. The number of thioether (sulfide) groups is 1. The summed E-state index contributed by atoms with van der Waals surface area (Å²) in [5.41, 5.74) is 3.18. The van der Waals surface area contributed by atoms with Crippen molar-refractivity contribution in [3.8, 4) is 22.8 Å². The summed E-state index contributed by atoms with van der Waals surface area (Å²) in [6.45, 7) is 0. The van der Waals surface area contributed by atoms with Gasteiger partial charge >= 0.3 is 0 Å². The first-order valence-electron chi connectivity index (χ1n) is 10.9. The number of hydrogen-bond acceptors (Lipinski definition) is 7. The Kier molecular flexibility index (Phi) is 6.67. The molecule has 3 aromatic carbocycles. The summed E-state index contributed by atoms with van der Waals surface area (Å²) < 4.78 is 12.8. The molecule has 0 fully saturated rings. The summed E-state index contributed by atoms with van der Waals surface area (Å²) in [7, 11) is 1.64. The molecule has 7 nitrogen and oxygen atoms in total. The van der Waals surface area contributed by atoms with Crippen LogP contribution in [0.15, 0.2) is 94.6 Å². The first-order valence-corrected chi connectivity index (χ1v) is 11.9. The van der Waals surface area contributed by atoms with Gasteiger partial charge in [-0.3, -0.25) is 4.57 Å². The van der Waals surface area contributed by atoms with Gasteiger partial charge in [0.1, 0.15) is 11.6 Å². The molecular formula is C26H23N5O2S. The predicted octanol–water partition coefficient (Wildman–Crippen LogP) is 5.40. The Labute approximate surface area is 201 Å². The van der Waals surface area contributed by atoms with Gasteiger partial charge in [0, 0.05) is 17.7 Å². The Hall–Kier alpha value is -3.91. The van der Waals surface area contributed by atoms with Crippen molar-refractivity contribution in [2.45, 2.75) is 23.8 Å². The second-order valence-electron chi connectivity index (χ2n) is 7.58. The number of methoxy groups -OCH3 is 1. The van der Waals surface area contributed by atoms with Crippen molar-refractivity contribution in [2.75, 3.05) is 7.11 Å². The van der Waals surface area contributed by atoms with Crippen molar-refractivity contribution in [1.82, 2.24) is 24.9 Å². The van der Waals surface area contributed by atoms with E-state index in [2.05, 4.69) is 61.3 Å². The van der Waals surface area contributed by atoms with E-state index in [9.17, 15) is 0 Å². The fourth-order valence-electron chi connectivity index (χ4n) is 3.59. The van der Waals surface area contributed by atoms with Gasteiger partial charge in [0.25, 0.3) is 0 Å². The highest BCUT2D eigenvalue weighted by Gasteiger charge is 2.17. The Morgan fingerprint density at radius 1 is 0.853 bits per heavy atom. The molecular weight excluding hydrogens is 446 g/mol. The fraction of sp³-hybridized carbons (Fsp3) is 0.154. The minimum atomic E-state index is 0.493. The Balaban J connectivity index is 1.33. The molecule has 2 heterocycles. The molecule has 0 saturated heterocycles. The Morgan fingerprint density at radius 3 is 2.32 bits per heavy atom. The molecule has 5 rings (SSSR count). The van der Waals surface area contributed by atoms with E-state index in [1.807, 2.05) is 48.5 Å². The van der Waals surface area contributed by atoms with Gasteiger partial charge in [0.15, 0.2) is 5.16 Å². The molecule has 0 spiro atoms. The quantitative estimate of drug-likeness (QED) is 0.267. The van der Waals surface area contributed by atoms with E-state index < -0.39 is 0 Å². The highest BCUT2D eigenvalue weighted by atomic mass is 32.2. The van der Waals surface area contributed by atoms with E-state index in [1.165, 1.54) is 17.3 Å². The number of para-hydroxylation sites is 1. The van der Waals surface area contributed by atoms with Crippen LogP contribution in [-0.2, 0) is 18.6 Å². The third-order valence-corrected chi connectivity index (χ3v) is 6.25. The molecule has 0 amide bonds. The highest BCUT2D eigenvalue weighted by molar-refractivity contribution is 7.98. The van der Waals surface area contributed by atoms with Crippen LogP contribution < -0.4 is 4.74 Å². The average Bonchev–Trinajstić information content (AvgIpc) is 3.54. The van der Waals surface area contributed by atoms with Crippen molar-refractivity contribution < 1.29 is 9.26 Å². The van der Waals surface area contributed by atoms with Gasteiger partial charge in [-0.2, -0.15) is 4.98 Å². The zero-order valence-corrected chi connectivity index (χ0v) is 19.5. The molecule has 170 valence electrons. The largest absolute Gasteiger partial charge is 0.497 e. The molecule has 0 aliphatic rings. The Bertz CT molecular complexity index is 1330. The predicted molar refractivity (Wildman–Crippen MR) is 131 cm³/mol. The van der Waals surface area contributed by atoms with Gasteiger partial charge in [0.2, 0.25) is 11.7 Å². The Morgan fingerprint density at radius 2 is 1.59 bits per heavy atom. The van der Waals surface area contributed by atoms with Crippen LogP contribution in [0, 0.1) is 0 Å². The van der Waals surface area contributed by atoms with Crippen LogP contribution in [0.25, 0.3) is 17.1 Å². The lowest BCUT2D eigenvalue weighted by atomic mass is 10.1. The molecule has 5 aromatic rings. The third kappa shape index (κ3) is 5.02. The molecule has 0 radical (unpaired) electrons. The molecule has 8 heteroatoms. The van der Waals surface area contributed by atoms with Crippen LogP contribution in [0.5, 0.6) is 5.75 Å². The summed E-state index contributed by atoms with van der Waals surface area (Å²) in [6, 6.07) is 28.1. The van der Waals surface area contributed by atoms with Crippen molar-refractivity contribution >= 4 is 11.8 Å². The van der Waals surface area contributed by atoms with Gasteiger partial charge in [-0.25, -0.2) is 0 Å². The van der Waals surface area contributed by atoms with Gasteiger partial charge in [-0.15, -0.1) is 10.2 Å². The summed E-state index contributed by atoms with van der Waals surface area (Å²) in [6.07, 6.45) is 1.68. The number of aromatic nitrogens is 5. The van der Waals surface area contributed by atoms with Crippen molar-refractivity contribution in [3.63, 3.8) is 0 Å². The lowest BCUT2D eigenvalue weighted by Crippen LogP contribution is -2.04. The summed E-state index contributed by atoms with van der Waals surface area (Å²) in [5.74, 6) is 3.27. The zero-order chi connectivity index (χ0) is 23.2.